The summed E-state index contributed by atoms with van der Waals surface area (Å²) in [5, 5.41) is 4.11. The van der Waals surface area contributed by atoms with Crippen molar-refractivity contribution in [1.82, 2.24) is 9.29 Å². The second-order valence-electron chi connectivity index (χ2n) is 10.2. The highest BCUT2D eigenvalue weighted by atomic mass is 32.2. The Balaban J connectivity index is 1.52. The minimum atomic E-state index is -4.02. The molecule has 2 N–H and O–H groups in total. The summed E-state index contributed by atoms with van der Waals surface area (Å²) in [6.45, 7) is 6.47. The molecular weight excluding hydrogens is 538 g/mol. The number of fused-ring (bicyclic) bond motifs is 1. The number of sulfonamides is 1. The molecule has 216 valence electrons. The van der Waals surface area contributed by atoms with Crippen LogP contribution in [0.1, 0.15) is 61.0 Å². The van der Waals surface area contributed by atoms with Crippen molar-refractivity contribution in [3.63, 3.8) is 0 Å². The molecule has 0 saturated heterocycles. The van der Waals surface area contributed by atoms with Crippen LogP contribution in [0.5, 0.6) is 5.75 Å². The smallest absolute Gasteiger partial charge is 0.265 e. The molecule has 2 amide bonds. The van der Waals surface area contributed by atoms with E-state index in [0.29, 0.717) is 12.3 Å². The molecule has 0 bridgehead atoms. The molecule has 1 heterocycles. The number of hydrogen-bond acceptors (Lipinski definition) is 5. The van der Waals surface area contributed by atoms with E-state index >= 15 is 0 Å². The SMILES string of the molecule is CCCCC(CC)C(=O)Nc1ccc2ccn(Cc3ccc(C(=O)NS(=O)(=O)c4ccc(C)cc4)cc3OC)c2c1. The van der Waals surface area contributed by atoms with Gasteiger partial charge in [-0.05, 0) is 67.6 Å². The fourth-order valence-corrected chi connectivity index (χ4v) is 5.75. The summed E-state index contributed by atoms with van der Waals surface area (Å²) in [6, 6.07) is 19.0. The molecule has 41 heavy (non-hydrogen) atoms. The molecule has 1 aromatic heterocycles. The van der Waals surface area contributed by atoms with Gasteiger partial charge in [-0.2, -0.15) is 0 Å². The predicted molar refractivity (Wildman–Crippen MR) is 162 cm³/mol. The molecule has 3 aromatic carbocycles. The summed E-state index contributed by atoms with van der Waals surface area (Å²) < 4.78 is 35.1. The van der Waals surface area contributed by atoms with Crippen LogP contribution in [0, 0.1) is 12.8 Å². The molecule has 0 saturated carbocycles. The predicted octanol–water partition coefficient (Wildman–Crippen LogP) is 6.28. The molecule has 4 aromatic rings. The summed E-state index contributed by atoms with van der Waals surface area (Å²) in [5.41, 5.74) is 3.57. The van der Waals surface area contributed by atoms with E-state index in [1.807, 2.05) is 48.9 Å². The van der Waals surface area contributed by atoms with E-state index in [-0.39, 0.29) is 22.3 Å². The second-order valence-corrected chi connectivity index (χ2v) is 11.9. The number of carbonyl (C=O) groups is 2. The maximum atomic E-state index is 12.8. The Morgan fingerprint density at radius 1 is 0.976 bits per heavy atom. The number of hydrogen-bond donors (Lipinski definition) is 2. The maximum absolute atomic E-state index is 12.8. The van der Waals surface area contributed by atoms with Gasteiger partial charge in [0.05, 0.1) is 24.1 Å². The standard InChI is InChI=1S/C32H37N3O5S/c1-5-7-8-23(6-2)31(36)33-27-14-13-24-17-18-35(29(24)20-27)21-26-12-11-25(19-30(26)40-4)32(37)34-41(38,39)28-15-9-22(3)10-16-28/h9-20,23H,5-8,21H2,1-4H3,(H,33,36)(H,34,37). The van der Waals surface area contributed by atoms with Crippen LogP contribution < -0.4 is 14.8 Å². The number of methoxy groups -OCH3 is 1. The van der Waals surface area contributed by atoms with Crippen molar-refractivity contribution in [3.8, 4) is 5.75 Å². The molecule has 0 fully saturated rings. The molecule has 0 spiro atoms. The number of aromatic nitrogens is 1. The number of aryl methyl sites for hydroxylation is 1. The number of nitrogens with zero attached hydrogens (tertiary/aromatic N) is 1. The van der Waals surface area contributed by atoms with Gasteiger partial charge in [0.15, 0.2) is 0 Å². The number of ether oxygens (including phenoxy) is 1. The molecule has 1 unspecified atom stereocenters. The van der Waals surface area contributed by atoms with Crippen molar-refractivity contribution >= 4 is 38.4 Å². The lowest BCUT2D eigenvalue weighted by Gasteiger charge is -2.15. The van der Waals surface area contributed by atoms with Crippen molar-refractivity contribution in [2.75, 3.05) is 12.4 Å². The molecule has 0 aliphatic heterocycles. The molecule has 0 aliphatic carbocycles. The molecule has 0 aliphatic rings. The first-order chi connectivity index (χ1) is 19.6. The Kier molecular flexibility index (Phi) is 9.50. The van der Waals surface area contributed by atoms with Crippen molar-refractivity contribution in [1.29, 1.82) is 0 Å². The fourth-order valence-electron chi connectivity index (χ4n) is 4.77. The molecular formula is C32H37N3O5S. The summed E-state index contributed by atoms with van der Waals surface area (Å²) in [5.74, 6) is -0.257. The largest absolute Gasteiger partial charge is 0.496 e. The van der Waals surface area contributed by atoms with E-state index in [1.165, 1.54) is 25.3 Å². The van der Waals surface area contributed by atoms with E-state index in [1.54, 1.807) is 24.3 Å². The van der Waals surface area contributed by atoms with E-state index in [4.69, 9.17) is 4.74 Å². The van der Waals surface area contributed by atoms with E-state index in [9.17, 15) is 18.0 Å². The monoisotopic (exact) mass is 575 g/mol. The van der Waals surface area contributed by atoms with Crippen LogP contribution in [0.25, 0.3) is 10.9 Å². The third kappa shape index (κ3) is 7.16. The van der Waals surface area contributed by atoms with Crippen LogP contribution >= 0.6 is 0 Å². The number of amides is 2. The van der Waals surface area contributed by atoms with Crippen LogP contribution in [-0.4, -0.2) is 31.9 Å². The number of unbranched alkanes of at least 4 members (excludes halogenated alkanes) is 1. The fraction of sp³-hybridized carbons (Fsp3) is 0.312. The normalized spacial score (nSPS) is 12.2. The maximum Gasteiger partial charge on any atom is 0.265 e. The first-order valence-electron chi connectivity index (χ1n) is 13.9. The quantitative estimate of drug-likeness (QED) is 0.207. The number of carbonyl (C=O) groups excluding carboxylic acids is 2. The van der Waals surface area contributed by atoms with Gasteiger partial charge < -0.3 is 14.6 Å². The number of anilines is 1. The lowest BCUT2D eigenvalue weighted by Crippen LogP contribution is -2.30. The van der Waals surface area contributed by atoms with Gasteiger partial charge in [-0.1, -0.05) is 56.5 Å². The lowest BCUT2D eigenvalue weighted by molar-refractivity contribution is -0.120. The molecule has 9 heteroatoms. The molecule has 8 nitrogen and oxygen atoms in total. The summed E-state index contributed by atoms with van der Waals surface area (Å²) in [7, 11) is -2.51. The number of rotatable bonds is 12. The van der Waals surface area contributed by atoms with Crippen molar-refractivity contribution < 1.29 is 22.7 Å². The Hall–Kier alpha value is -4.11. The van der Waals surface area contributed by atoms with E-state index < -0.39 is 15.9 Å². The minimum absolute atomic E-state index is 0.00992. The van der Waals surface area contributed by atoms with Crippen molar-refractivity contribution in [2.24, 2.45) is 5.92 Å². The number of nitrogens with one attached hydrogen (secondary N) is 2. The second kappa shape index (κ2) is 13.0. The lowest BCUT2D eigenvalue weighted by atomic mass is 9.98. The highest BCUT2D eigenvalue weighted by molar-refractivity contribution is 7.90. The summed E-state index contributed by atoms with van der Waals surface area (Å²) in [6.07, 6.45) is 5.73. The van der Waals surface area contributed by atoms with Gasteiger partial charge in [-0.25, -0.2) is 13.1 Å². The van der Waals surface area contributed by atoms with Gasteiger partial charge in [-0.3, -0.25) is 9.59 Å². The van der Waals surface area contributed by atoms with Gasteiger partial charge in [-0.15, -0.1) is 0 Å². The minimum Gasteiger partial charge on any atom is -0.496 e. The average Bonchev–Trinajstić information content (AvgIpc) is 3.35. The summed E-state index contributed by atoms with van der Waals surface area (Å²) >= 11 is 0. The first kappa shape index (κ1) is 29.9. The molecule has 0 radical (unpaired) electrons. The number of benzene rings is 3. The van der Waals surface area contributed by atoms with Crippen LogP contribution in [0.15, 0.2) is 77.8 Å². The summed E-state index contributed by atoms with van der Waals surface area (Å²) in [4.78, 5) is 25.7. The Labute approximate surface area is 241 Å². The van der Waals surface area contributed by atoms with Gasteiger partial charge >= 0.3 is 0 Å². The van der Waals surface area contributed by atoms with Crippen molar-refractivity contribution in [3.05, 3.63) is 89.6 Å². The van der Waals surface area contributed by atoms with Crippen LogP contribution in [0.2, 0.25) is 0 Å². The Bertz CT molecular complexity index is 1640. The first-order valence-corrected chi connectivity index (χ1v) is 15.3. The van der Waals surface area contributed by atoms with Gasteiger partial charge in [0.1, 0.15) is 5.75 Å². The third-order valence-corrected chi connectivity index (χ3v) is 8.61. The van der Waals surface area contributed by atoms with E-state index in [2.05, 4.69) is 17.0 Å². The topological polar surface area (TPSA) is 107 Å². The zero-order valence-corrected chi connectivity index (χ0v) is 24.8. The van der Waals surface area contributed by atoms with Crippen LogP contribution in [0.4, 0.5) is 5.69 Å². The van der Waals surface area contributed by atoms with Crippen LogP contribution in [0.3, 0.4) is 0 Å². The molecule has 4 rings (SSSR count). The average molecular weight is 576 g/mol. The van der Waals surface area contributed by atoms with Crippen molar-refractivity contribution in [2.45, 2.75) is 57.9 Å². The third-order valence-electron chi connectivity index (χ3n) is 7.26. The highest BCUT2D eigenvalue weighted by Gasteiger charge is 2.20. The molecule has 1 atom stereocenters. The zero-order valence-electron chi connectivity index (χ0n) is 23.9. The van der Waals surface area contributed by atoms with Gasteiger partial charge in [0.25, 0.3) is 15.9 Å². The van der Waals surface area contributed by atoms with Gasteiger partial charge in [0.2, 0.25) is 5.91 Å². The van der Waals surface area contributed by atoms with E-state index in [0.717, 1.165) is 53.4 Å². The highest BCUT2D eigenvalue weighted by Crippen LogP contribution is 2.27. The Morgan fingerprint density at radius 2 is 1.73 bits per heavy atom. The Morgan fingerprint density at radius 3 is 2.41 bits per heavy atom. The van der Waals surface area contributed by atoms with Crippen LogP contribution in [-0.2, 0) is 21.4 Å². The van der Waals surface area contributed by atoms with Gasteiger partial charge in [0, 0.05) is 28.9 Å². The zero-order chi connectivity index (χ0) is 29.6.